The van der Waals surface area contributed by atoms with Crippen molar-refractivity contribution in [3.8, 4) is 35.3 Å². The van der Waals surface area contributed by atoms with Crippen LogP contribution in [0, 0.1) is 0 Å². The minimum atomic E-state index is -0.225. The van der Waals surface area contributed by atoms with Gasteiger partial charge in [0.05, 0.1) is 16.7 Å². The smallest absolute Gasteiger partial charge is 0.331 e. The van der Waals surface area contributed by atoms with Gasteiger partial charge in [0.2, 0.25) is 0 Å². The highest BCUT2D eigenvalue weighted by Crippen LogP contribution is 2.29. The summed E-state index contributed by atoms with van der Waals surface area (Å²) >= 11 is 0. The molecule has 0 aliphatic heterocycles. The van der Waals surface area contributed by atoms with Crippen LogP contribution in [-0.4, -0.2) is 33.8 Å². The standard InChI is InChI=1S/C24H15N3O6/c28-13-16-7-1-4-10-19(16)31-22-25-23(32-20-11-5-2-8-17(20)14-29)27-24(26-22)33-21-12-6-3-9-18(21)15-30/h1-15H. The van der Waals surface area contributed by atoms with Gasteiger partial charge in [0.1, 0.15) is 17.2 Å². The maximum absolute atomic E-state index is 11.3. The summed E-state index contributed by atoms with van der Waals surface area (Å²) in [7, 11) is 0. The van der Waals surface area contributed by atoms with Gasteiger partial charge >= 0.3 is 18.0 Å². The van der Waals surface area contributed by atoms with Crippen molar-refractivity contribution in [3.05, 3.63) is 89.5 Å². The molecule has 0 fully saturated rings. The quantitative estimate of drug-likeness (QED) is 0.341. The second-order valence-corrected chi connectivity index (χ2v) is 6.46. The lowest BCUT2D eigenvalue weighted by atomic mass is 10.2. The molecule has 0 spiro atoms. The van der Waals surface area contributed by atoms with Crippen LogP contribution in [0.1, 0.15) is 31.1 Å². The van der Waals surface area contributed by atoms with Crippen molar-refractivity contribution in [1.82, 2.24) is 15.0 Å². The number of nitrogens with zero attached hydrogens (tertiary/aromatic N) is 3. The van der Waals surface area contributed by atoms with Crippen LogP contribution in [0.15, 0.2) is 72.8 Å². The Hall–Kier alpha value is -4.92. The Kier molecular flexibility index (Phi) is 6.41. The van der Waals surface area contributed by atoms with Gasteiger partial charge in [-0.25, -0.2) is 0 Å². The first-order chi connectivity index (χ1) is 16.2. The fourth-order valence-corrected chi connectivity index (χ4v) is 2.76. The number of carbonyl (C=O) groups is 3. The van der Waals surface area contributed by atoms with Crippen molar-refractivity contribution in [3.63, 3.8) is 0 Å². The minimum absolute atomic E-state index is 0.206. The Balaban J connectivity index is 1.74. The molecule has 0 bridgehead atoms. The molecule has 162 valence electrons. The molecule has 1 aromatic heterocycles. The van der Waals surface area contributed by atoms with Crippen LogP contribution in [0.25, 0.3) is 0 Å². The normalized spacial score (nSPS) is 10.2. The van der Waals surface area contributed by atoms with Crippen molar-refractivity contribution in [2.45, 2.75) is 0 Å². The number of hydrogen-bond donors (Lipinski definition) is 0. The summed E-state index contributed by atoms with van der Waals surface area (Å²) in [6.07, 6.45) is 1.89. The number of carbonyl (C=O) groups excluding carboxylic acids is 3. The molecule has 4 rings (SSSR count). The molecule has 9 nitrogen and oxygen atoms in total. The van der Waals surface area contributed by atoms with Gasteiger partial charge in [0.25, 0.3) is 0 Å². The SMILES string of the molecule is O=Cc1ccccc1Oc1nc(Oc2ccccc2C=O)nc(Oc2ccccc2C=O)n1. The van der Waals surface area contributed by atoms with E-state index in [9.17, 15) is 14.4 Å². The number of ether oxygens (including phenoxy) is 3. The molecular formula is C24H15N3O6. The predicted molar refractivity (Wildman–Crippen MR) is 116 cm³/mol. The summed E-state index contributed by atoms with van der Waals surface area (Å²) in [5.74, 6) is 0.617. The number of aldehydes is 3. The Bertz CT molecular complexity index is 1150. The monoisotopic (exact) mass is 441 g/mol. The second kappa shape index (κ2) is 9.92. The first-order valence-electron chi connectivity index (χ1n) is 9.62. The molecule has 4 aromatic rings. The fourth-order valence-electron chi connectivity index (χ4n) is 2.76. The summed E-state index contributed by atoms with van der Waals surface area (Å²) in [6.45, 7) is 0. The van der Waals surface area contributed by atoms with Crippen LogP contribution in [-0.2, 0) is 0 Å². The zero-order valence-electron chi connectivity index (χ0n) is 17.0. The highest BCUT2D eigenvalue weighted by Gasteiger charge is 2.16. The molecule has 0 radical (unpaired) electrons. The minimum Gasteiger partial charge on any atom is -0.423 e. The maximum Gasteiger partial charge on any atom is 0.331 e. The third-order valence-corrected chi connectivity index (χ3v) is 4.32. The van der Waals surface area contributed by atoms with Gasteiger partial charge in [-0.05, 0) is 36.4 Å². The third-order valence-electron chi connectivity index (χ3n) is 4.32. The average Bonchev–Trinajstić information content (AvgIpc) is 2.85. The molecule has 33 heavy (non-hydrogen) atoms. The van der Waals surface area contributed by atoms with Gasteiger partial charge in [-0.2, -0.15) is 0 Å². The highest BCUT2D eigenvalue weighted by atomic mass is 16.5. The van der Waals surface area contributed by atoms with Crippen molar-refractivity contribution in [2.24, 2.45) is 0 Å². The molecule has 0 saturated carbocycles. The number of hydrogen-bond acceptors (Lipinski definition) is 9. The van der Waals surface area contributed by atoms with E-state index in [1.54, 1.807) is 72.8 Å². The van der Waals surface area contributed by atoms with E-state index in [4.69, 9.17) is 14.2 Å². The molecule has 0 N–H and O–H groups in total. The van der Waals surface area contributed by atoms with E-state index in [1.165, 1.54) is 0 Å². The van der Waals surface area contributed by atoms with Crippen molar-refractivity contribution in [1.29, 1.82) is 0 Å². The third kappa shape index (κ3) is 5.05. The molecule has 0 atom stereocenters. The topological polar surface area (TPSA) is 118 Å². The first kappa shape index (κ1) is 21.3. The Morgan fingerprint density at radius 1 is 0.455 bits per heavy atom. The van der Waals surface area contributed by atoms with E-state index in [2.05, 4.69) is 15.0 Å². The van der Waals surface area contributed by atoms with Gasteiger partial charge in [-0.1, -0.05) is 36.4 Å². The number of aromatic nitrogens is 3. The van der Waals surface area contributed by atoms with Crippen LogP contribution in [0.5, 0.6) is 35.3 Å². The summed E-state index contributed by atoms with van der Waals surface area (Å²) in [5, 5.41) is 0. The Labute approximate surface area is 187 Å². The van der Waals surface area contributed by atoms with E-state index in [0.29, 0.717) is 18.9 Å². The van der Waals surface area contributed by atoms with Crippen LogP contribution in [0.2, 0.25) is 0 Å². The van der Waals surface area contributed by atoms with Crippen LogP contribution in [0.3, 0.4) is 0 Å². The molecular weight excluding hydrogens is 426 g/mol. The lowest BCUT2D eigenvalue weighted by Crippen LogP contribution is -2.03. The lowest BCUT2D eigenvalue weighted by molar-refractivity contribution is 0.111. The van der Waals surface area contributed by atoms with Crippen LogP contribution >= 0.6 is 0 Å². The Morgan fingerprint density at radius 2 is 0.727 bits per heavy atom. The molecule has 0 aliphatic rings. The van der Waals surface area contributed by atoms with Crippen molar-refractivity contribution in [2.75, 3.05) is 0 Å². The summed E-state index contributed by atoms with van der Waals surface area (Å²) in [4.78, 5) is 46.3. The van der Waals surface area contributed by atoms with E-state index >= 15 is 0 Å². The largest absolute Gasteiger partial charge is 0.423 e. The molecule has 0 saturated heterocycles. The number of rotatable bonds is 9. The first-order valence-corrected chi connectivity index (χ1v) is 9.62. The van der Waals surface area contributed by atoms with Gasteiger partial charge in [0, 0.05) is 0 Å². The van der Waals surface area contributed by atoms with Gasteiger partial charge < -0.3 is 14.2 Å². The highest BCUT2D eigenvalue weighted by molar-refractivity contribution is 5.80. The van der Waals surface area contributed by atoms with E-state index < -0.39 is 0 Å². The molecule has 0 amide bonds. The van der Waals surface area contributed by atoms with Gasteiger partial charge in [-0.3, -0.25) is 14.4 Å². The number of benzene rings is 3. The van der Waals surface area contributed by atoms with Gasteiger partial charge in [0.15, 0.2) is 18.9 Å². The average molecular weight is 441 g/mol. The molecule has 1 heterocycles. The van der Waals surface area contributed by atoms with E-state index in [1.807, 2.05) is 0 Å². The summed E-state index contributed by atoms with van der Waals surface area (Å²) in [6, 6.07) is 18.8. The molecule has 0 aliphatic carbocycles. The van der Waals surface area contributed by atoms with Crippen molar-refractivity contribution < 1.29 is 28.6 Å². The van der Waals surface area contributed by atoms with Crippen LogP contribution in [0.4, 0.5) is 0 Å². The van der Waals surface area contributed by atoms with Crippen molar-refractivity contribution >= 4 is 18.9 Å². The second-order valence-electron chi connectivity index (χ2n) is 6.46. The van der Waals surface area contributed by atoms with Crippen LogP contribution < -0.4 is 14.2 Å². The molecule has 9 heteroatoms. The zero-order chi connectivity index (χ0) is 23.0. The van der Waals surface area contributed by atoms with E-state index in [-0.39, 0.29) is 52.0 Å². The predicted octanol–water partition coefficient (Wildman–Crippen LogP) is 4.69. The van der Waals surface area contributed by atoms with Gasteiger partial charge in [-0.15, -0.1) is 15.0 Å². The zero-order valence-corrected chi connectivity index (χ0v) is 17.0. The molecule has 0 unspecified atom stereocenters. The van der Waals surface area contributed by atoms with E-state index in [0.717, 1.165) is 0 Å². The molecule has 3 aromatic carbocycles. The summed E-state index contributed by atoms with van der Waals surface area (Å²) < 4.78 is 17.0. The Morgan fingerprint density at radius 3 is 1.00 bits per heavy atom. The summed E-state index contributed by atoms with van der Waals surface area (Å²) in [5.41, 5.74) is 0.835. The lowest BCUT2D eigenvalue weighted by Gasteiger charge is -2.11. The number of para-hydroxylation sites is 3. The fraction of sp³-hybridized carbons (Fsp3) is 0. The maximum atomic E-state index is 11.3.